The van der Waals surface area contributed by atoms with Crippen LogP contribution in [0.1, 0.15) is 11.1 Å². The molecular weight excluding hydrogens is 402 g/mol. The van der Waals surface area contributed by atoms with E-state index in [0.717, 1.165) is 27.8 Å². The normalized spacial score (nSPS) is 10.7. The fourth-order valence-corrected chi connectivity index (χ4v) is 3.52. The van der Waals surface area contributed by atoms with E-state index in [9.17, 15) is 4.79 Å². The third-order valence-electron chi connectivity index (χ3n) is 5.14. The Morgan fingerprint density at radius 2 is 1.62 bits per heavy atom. The second kappa shape index (κ2) is 10.3. The molecule has 8 nitrogen and oxygen atoms in total. The number of rotatable bonds is 8. The molecule has 0 radical (unpaired) electrons. The Morgan fingerprint density at radius 3 is 2.31 bits per heavy atom. The van der Waals surface area contributed by atoms with Gasteiger partial charge in [0, 0.05) is 31.7 Å². The smallest absolute Gasteiger partial charge is 0.318 e. The van der Waals surface area contributed by atoms with Crippen molar-refractivity contribution in [3.63, 3.8) is 0 Å². The third kappa shape index (κ3) is 5.16. The highest BCUT2D eigenvalue weighted by Crippen LogP contribution is 2.29. The summed E-state index contributed by atoms with van der Waals surface area (Å²) >= 11 is 0. The first-order valence-corrected chi connectivity index (χ1v) is 10.4. The molecule has 0 aliphatic heterocycles. The number of carbonyl (C=O) groups excluding carboxylic acids is 1. The number of nitrogens with two attached hydrogens (primary N) is 1. The highest BCUT2D eigenvalue weighted by molar-refractivity contribution is 5.80. The summed E-state index contributed by atoms with van der Waals surface area (Å²) in [7, 11) is 0. The number of tetrazole rings is 1. The molecule has 0 saturated carbocycles. The zero-order valence-electron chi connectivity index (χ0n) is 17.6. The Labute approximate surface area is 186 Å². The summed E-state index contributed by atoms with van der Waals surface area (Å²) in [5, 5.41) is 17.2. The van der Waals surface area contributed by atoms with Crippen LogP contribution in [0.25, 0.3) is 22.5 Å². The van der Waals surface area contributed by atoms with Gasteiger partial charge >= 0.3 is 6.03 Å². The zero-order chi connectivity index (χ0) is 22.2. The number of benzene rings is 3. The molecular formula is C24H25N7O. The van der Waals surface area contributed by atoms with Crippen molar-refractivity contribution in [1.29, 1.82) is 0 Å². The van der Waals surface area contributed by atoms with Crippen molar-refractivity contribution < 1.29 is 4.79 Å². The maximum Gasteiger partial charge on any atom is 0.318 e. The van der Waals surface area contributed by atoms with E-state index in [2.05, 4.69) is 25.9 Å². The second-order valence-electron chi connectivity index (χ2n) is 7.35. The van der Waals surface area contributed by atoms with Crippen molar-refractivity contribution in [2.24, 2.45) is 5.73 Å². The number of H-pyrrole nitrogens is 1. The Hall–Kier alpha value is -4.04. The molecule has 0 aliphatic carbocycles. The maximum absolute atomic E-state index is 12.7. The van der Waals surface area contributed by atoms with Crippen molar-refractivity contribution in [1.82, 2.24) is 30.8 Å². The molecule has 32 heavy (non-hydrogen) atoms. The summed E-state index contributed by atoms with van der Waals surface area (Å²) in [5.74, 6) is 0.619. The van der Waals surface area contributed by atoms with Crippen LogP contribution in [0.5, 0.6) is 0 Å². The van der Waals surface area contributed by atoms with Crippen molar-refractivity contribution >= 4 is 6.03 Å². The van der Waals surface area contributed by atoms with E-state index in [1.807, 2.05) is 78.9 Å². The fourth-order valence-electron chi connectivity index (χ4n) is 3.52. The molecule has 8 heteroatoms. The van der Waals surface area contributed by atoms with Crippen molar-refractivity contribution in [3.8, 4) is 22.5 Å². The van der Waals surface area contributed by atoms with E-state index >= 15 is 0 Å². The SMILES string of the molecule is NCCN(Cc1ccc(-c2ccccc2-c2nnn[nH]2)cc1)C(=O)NCc1ccccc1. The molecule has 0 fully saturated rings. The minimum Gasteiger partial charge on any atom is -0.334 e. The molecule has 0 atom stereocenters. The predicted molar refractivity (Wildman–Crippen MR) is 123 cm³/mol. The van der Waals surface area contributed by atoms with Gasteiger partial charge in [0.2, 0.25) is 0 Å². The Morgan fingerprint density at radius 1 is 0.906 bits per heavy atom. The van der Waals surface area contributed by atoms with E-state index in [4.69, 9.17) is 5.73 Å². The average Bonchev–Trinajstić information content (AvgIpc) is 3.38. The summed E-state index contributed by atoms with van der Waals surface area (Å²) in [6.07, 6.45) is 0. The standard InChI is InChI=1S/C24H25N7O/c25-14-15-31(24(32)26-16-18-6-2-1-3-7-18)17-19-10-12-20(13-11-19)21-8-4-5-9-22(21)23-27-29-30-28-23/h1-13H,14-17,25H2,(H,26,32)(H,27,28,29,30). The van der Waals surface area contributed by atoms with Gasteiger partial charge in [-0.15, -0.1) is 5.10 Å². The van der Waals surface area contributed by atoms with Crippen LogP contribution in [0, 0.1) is 0 Å². The van der Waals surface area contributed by atoms with Crippen molar-refractivity contribution in [2.45, 2.75) is 13.1 Å². The summed E-state index contributed by atoms with van der Waals surface area (Å²) in [5.41, 5.74) is 10.8. The van der Waals surface area contributed by atoms with Gasteiger partial charge in [0.05, 0.1) is 0 Å². The first-order chi connectivity index (χ1) is 15.7. The van der Waals surface area contributed by atoms with E-state index in [1.165, 1.54) is 0 Å². The van der Waals surface area contributed by atoms with Crippen molar-refractivity contribution in [3.05, 3.63) is 90.0 Å². The molecule has 3 aromatic carbocycles. The molecule has 0 bridgehead atoms. The zero-order valence-corrected chi connectivity index (χ0v) is 17.6. The average molecular weight is 428 g/mol. The number of carbonyl (C=O) groups is 1. The van der Waals surface area contributed by atoms with Gasteiger partial charge in [-0.3, -0.25) is 0 Å². The lowest BCUT2D eigenvalue weighted by Crippen LogP contribution is -2.41. The lowest BCUT2D eigenvalue weighted by Gasteiger charge is -2.23. The van der Waals surface area contributed by atoms with Crippen LogP contribution in [0.15, 0.2) is 78.9 Å². The number of aromatic nitrogens is 4. The van der Waals surface area contributed by atoms with Gasteiger partial charge in [0.25, 0.3) is 0 Å². The topological polar surface area (TPSA) is 113 Å². The van der Waals surface area contributed by atoms with Crippen LogP contribution >= 0.6 is 0 Å². The van der Waals surface area contributed by atoms with Gasteiger partial charge in [0.15, 0.2) is 5.82 Å². The lowest BCUT2D eigenvalue weighted by molar-refractivity contribution is 0.196. The van der Waals surface area contributed by atoms with Crippen LogP contribution in [-0.4, -0.2) is 44.6 Å². The molecule has 2 amide bonds. The van der Waals surface area contributed by atoms with Gasteiger partial charge < -0.3 is 16.0 Å². The lowest BCUT2D eigenvalue weighted by atomic mass is 9.98. The van der Waals surface area contributed by atoms with E-state index in [0.29, 0.717) is 32.0 Å². The van der Waals surface area contributed by atoms with Crippen LogP contribution in [0.2, 0.25) is 0 Å². The third-order valence-corrected chi connectivity index (χ3v) is 5.14. The van der Waals surface area contributed by atoms with Gasteiger partial charge in [0.1, 0.15) is 0 Å². The minimum atomic E-state index is -0.133. The predicted octanol–water partition coefficient (Wildman–Crippen LogP) is 3.20. The molecule has 1 aromatic heterocycles. The summed E-state index contributed by atoms with van der Waals surface area (Å²) in [6.45, 7) is 1.83. The molecule has 0 spiro atoms. The number of urea groups is 1. The van der Waals surface area contributed by atoms with Crippen molar-refractivity contribution in [2.75, 3.05) is 13.1 Å². The highest BCUT2D eigenvalue weighted by Gasteiger charge is 2.14. The first-order valence-electron chi connectivity index (χ1n) is 10.4. The fraction of sp³-hybridized carbons (Fsp3) is 0.167. The van der Waals surface area contributed by atoms with Gasteiger partial charge in [-0.2, -0.15) is 0 Å². The summed E-state index contributed by atoms with van der Waals surface area (Å²) in [6, 6.07) is 25.8. The Bertz CT molecular complexity index is 1130. The quantitative estimate of drug-likeness (QED) is 0.400. The minimum absolute atomic E-state index is 0.133. The number of nitrogens with zero attached hydrogens (tertiary/aromatic N) is 4. The van der Waals surface area contributed by atoms with Crippen LogP contribution < -0.4 is 11.1 Å². The largest absolute Gasteiger partial charge is 0.334 e. The van der Waals surface area contributed by atoms with Gasteiger partial charge in [-0.25, -0.2) is 9.89 Å². The summed E-state index contributed by atoms with van der Waals surface area (Å²) < 4.78 is 0. The Kier molecular flexibility index (Phi) is 6.84. The molecule has 0 unspecified atom stereocenters. The van der Waals surface area contributed by atoms with Crippen LogP contribution in [0.3, 0.4) is 0 Å². The van der Waals surface area contributed by atoms with Gasteiger partial charge in [-0.1, -0.05) is 78.9 Å². The first kappa shape index (κ1) is 21.2. The monoisotopic (exact) mass is 427 g/mol. The maximum atomic E-state index is 12.7. The van der Waals surface area contributed by atoms with E-state index in [-0.39, 0.29) is 6.03 Å². The molecule has 1 heterocycles. The molecule has 0 aliphatic rings. The molecule has 4 aromatic rings. The number of amides is 2. The second-order valence-corrected chi connectivity index (χ2v) is 7.35. The van der Waals surface area contributed by atoms with Crippen LogP contribution in [0.4, 0.5) is 4.79 Å². The number of aromatic amines is 1. The molecule has 0 saturated heterocycles. The molecule has 4 N–H and O–H groups in total. The Balaban J connectivity index is 1.46. The highest BCUT2D eigenvalue weighted by atomic mass is 16.2. The summed E-state index contributed by atoms with van der Waals surface area (Å²) in [4.78, 5) is 14.4. The van der Waals surface area contributed by atoms with Crippen LogP contribution in [-0.2, 0) is 13.1 Å². The number of hydrogen-bond acceptors (Lipinski definition) is 5. The van der Waals surface area contributed by atoms with E-state index in [1.54, 1.807) is 4.90 Å². The van der Waals surface area contributed by atoms with E-state index < -0.39 is 0 Å². The number of nitrogens with one attached hydrogen (secondary N) is 2. The molecule has 162 valence electrons. The molecule has 4 rings (SSSR count). The number of hydrogen-bond donors (Lipinski definition) is 3. The van der Waals surface area contributed by atoms with Gasteiger partial charge in [-0.05, 0) is 32.7 Å².